The van der Waals surface area contributed by atoms with E-state index in [1.54, 1.807) is 6.07 Å². The molecule has 0 aliphatic carbocycles. The Balaban J connectivity index is 1.67. The number of ether oxygens (including phenoxy) is 1. The molecule has 1 saturated heterocycles. The fourth-order valence-corrected chi connectivity index (χ4v) is 2.65. The number of nitrogens with zero attached hydrogens (tertiary/aromatic N) is 1. The summed E-state index contributed by atoms with van der Waals surface area (Å²) in [5, 5.41) is 17.6. The van der Waals surface area contributed by atoms with Crippen LogP contribution in [-0.4, -0.2) is 29.0 Å². The molecule has 1 aromatic heterocycles. The van der Waals surface area contributed by atoms with Gasteiger partial charge in [0.1, 0.15) is 11.5 Å². The Bertz CT molecular complexity index is 669. The molecule has 1 aliphatic heterocycles. The highest BCUT2D eigenvalue weighted by Crippen LogP contribution is 2.27. The van der Waals surface area contributed by atoms with Crippen molar-refractivity contribution in [1.29, 1.82) is 0 Å². The number of nitrogens with one attached hydrogen (secondary N) is 1. The van der Waals surface area contributed by atoms with E-state index in [9.17, 15) is 5.11 Å². The molecule has 0 amide bonds. The van der Waals surface area contributed by atoms with Crippen LogP contribution in [0.15, 0.2) is 34.9 Å². The average molecular weight is 316 g/mol. The van der Waals surface area contributed by atoms with Gasteiger partial charge in [-0.05, 0) is 6.07 Å². The molecule has 0 bridgehead atoms. The third-order valence-corrected chi connectivity index (χ3v) is 4.22. The molecule has 124 valence electrons. The molecule has 0 saturated carbocycles. The van der Waals surface area contributed by atoms with Gasteiger partial charge in [0, 0.05) is 30.0 Å². The number of phenols is 1. The van der Waals surface area contributed by atoms with Crippen molar-refractivity contribution in [3.05, 3.63) is 47.3 Å². The zero-order chi connectivity index (χ0) is 16.5. The van der Waals surface area contributed by atoms with E-state index in [1.807, 2.05) is 24.3 Å². The van der Waals surface area contributed by atoms with Gasteiger partial charge in [0.2, 0.25) is 0 Å². The van der Waals surface area contributed by atoms with Crippen LogP contribution in [0.5, 0.6) is 5.75 Å². The Morgan fingerprint density at radius 1 is 1.26 bits per heavy atom. The summed E-state index contributed by atoms with van der Waals surface area (Å²) in [7, 11) is 0. The molecule has 5 nitrogen and oxygen atoms in total. The van der Waals surface area contributed by atoms with Crippen LogP contribution in [0.1, 0.15) is 37.8 Å². The van der Waals surface area contributed by atoms with Crippen LogP contribution in [0, 0.1) is 0 Å². The van der Waals surface area contributed by atoms with Crippen LogP contribution < -0.4 is 5.32 Å². The monoisotopic (exact) mass is 316 g/mol. The molecular weight excluding hydrogens is 292 g/mol. The van der Waals surface area contributed by atoms with Crippen molar-refractivity contribution in [2.75, 3.05) is 13.2 Å². The van der Waals surface area contributed by atoms with Crippen LogP contribution in [0.3, 0.4) is 0 Å². The van der Waals surface area contributed by atoms with Crippen LogP contribution in [0.25, 0.3) is 0 Å². The third-order valence-electron chi connectivity index (χ3n) is 4.22. The normalized spacial score (nSPS) is 17.0. The van der Waals surface area contributed by atoms with E-state index in [4.69, 9.17) is 9.26 Å². The number of hydrogen-bond acceptors (Lipinski definition) is 5. The van der Waals surface area contributed by atoms with E-state index < -0.39 is 0 Å². The standard InChI is InChI=1S/C18H24N2O3/c1-17(2,3)16-8-14(20-23-16)9-18(11-22-12-18)19-10-13-6-4-5-7-15(13)21/h4-8,19,21H,9-12H2,1-3H3. The van der Waals surface area contributed by atoms with Gasteiger partial charge in [-0.2, -0.15) is 0 Å². The molecule has 2 heterocycles. The maximum atomic E-state index is 9.88. The molecule has 2 N–H and O–H groups in total. The zero-order valence-electron chi connectivity index (χ0n) is 13.9. The summed E-state index contributed by atoms with van der Waals surface area (Å²) in [6.07, 6.45) is 0.750. The maximum absolute atomic E-state index is 9.88. The third kappa shape index (κ3) is 3.57. The molecule has 0 radical (unpaired) electrons. The van der Waals surface area contributed by atoms with Crippen molar-refractivity contribution in [1.82, 2.24) is 10.5 Å². The van der Waals surface area contributed by atoms with Crippen molar-refractivity contribution < 1.29 is 14.4 Å². The number of rotatable bonds is 5. The highest BCUT2D eigenvalue weighted by atomic mass is 16.5. The maximum Gasteiger partial charge on any atom is 0.142 e. The Morgan fingerprint density at radius 2 is 2.00 bits per heavy atom. The second-order valence-corrected chi connectivity index (χ2v) is 7.36. The van der Waals surface area contributed by atoms with Crippen LogP contribution in [0.2, 0.25) is 0 Å². The van der Waals surface area contributed by atoms with Crippen LogP contribution in [0.4, 0.5) is 0 Å². The van der Waals surface area contributed by atoms with Crippen molar-refractivity contribution in [3.63, 3.8) is 0 Å². The second-order valence-electron chi connectivity index (χ2n) is 7.36. The second kappa shape index (κ2) is 5.98. The fourth-order valence-electron chi connectivity index (χ4n) is 2.65. The summed E-state index contributed by atoms with van der Waals surface area (Å²) in [6.45, 7) is 8.19. The average Bonchev–Trinajstić information content (AvgIpc) is 2.92. The molecular formula is C18H24N2O3. The molecule has 0 atom stereocenters. The summed E-state index contributed by atoms with van der Waals surface area (Å²) in [6, 6.07) is 9.40. The lowest BCUT2D eigenvalue weighted by molar-refractivity contribution is -0.0756. The summed E-state index contributed by atoms with van der Waals surface area (Å²) in [4.78, 5) is 0. The lowest BCUT2D eigenvalue weighted by atomic mass is 9.89. The van der Waals surface area contributed by atoms with E-state index in [1.165, 1.54) is 0 Å². The minimum Gasteiger partial charge on any atom is -0.508 e. The number of benzene rings is 1. The van der Waals surface area contributed by atoms with Gasteiger partial charge in [0.15, 0.2) is 0 Å². The van der Waals surface area contributed by atoms with Gasteiger partial charge >= 0.3 is 0 Å². The molecule has 5 heteroatoms. The van der Waals surface area contributed by atoms with Crippen LogP contribution >= 0.6 is 0 Å². The SMILES string of the molecule is CC(C)(C)c1cc(CC2(NCc3ccccc3O)COC2)no1. The van der Waals surface area contributed by atoms with Crippen LogP contribution in [-0.2, 0) is 23.1 Å². The summed E-state index contributed by atoms with van der Waals surface area (Å²) in [5.41, 5.74) is 1.63. The van der Waals surface area contributed by atoms with E-state index >= 15 is 0 Å². The van der Waals surface area contributed by atoms with Gasteiger partial charge in [0.25, 0.3) is 0 Å². The lowest BCUT2D eigenvalue weighted by Crippen LogP contribution is -2.61. The summed E-state index contributed by atoms with van der Waals surface area (Å²) >= 11 is 0. The molecule has 3 rings (SSSR count). The van der Waals surface area contributed by atoms with Crippen molar-refractivity contribution >= 4 is 0 Å². The van der Waals surface area contributed by atoms with Gasteiger partial charge in [-0.15, -0.1) is 0 Å². The van der Waals surface area contributed by atoms with Crippen molar-refractivity contribution in [3.8, 4) is 5.75 Å². The predicted octanol–water partition coefficient (Wildman–Crippen LogP) is 2.78. The molecule has 1 fully saturated rings. The highest BCUT2D eigenvalue weighted by Gasteiger charge is 2.39. The summed E-state index contributed by atoms with van der Waals surface area (Å²) < 4.78 is 10.9. The number of aromatic nitrogens is 1. The van der Waals surface area contributed by atoms with Gasteiger partial charge in [-0.1, -0.05) is 44.1 Å². The number of aromatic hydroxyl groups is 1. The van der Waals surface area contributed by atoms with Gasteiger partial charge < -0.3 is 19.7 Å². The largest absolute Gasteiger partial charge is 0.508 e. The number of hydrogen-bond donors (Lipinski definition) is 2. The minimum absolute atomic E-state index is 0.0439. The van der Waals surface area contributed by atoms with Crippen molar-refractivity contribution in [2.24, 2.45) is 0 Å². The van der Waals surface area contributed by atoms with Crippen molar-refractivity contribution in [2.45, 2.75) is 44.7 Å². The highest BCUT2D eigenvalue weighted by molar-refractivity contribution is 5.32. The Hall–Kier alpha value is -1.85. The molecule has 2 aromatic rings. The lowest BCUT2D eigenvalue weighted by Gasteiger charge is -2.42. The molecule has 1 aromatic carbocycles. The summed E-state index contributed by atoms with van der Waals surface area (Å²) in [5.74, 6) is 1.20. The number of phenolic OH excluding ortho intramolecular Hbond substituents is 1. The fraction of sp³-hybridized carbons (Fsp3) is 0.500. The molecule has 0 unspecified atom stereocenters. The van der Waals surface area contributed by atoms with E-state index in [-0.39, 0.29) is 11.0 Å². The number of para-hydroxylation sites is 1. The van der Waals surface area contributed by atoms with Gasteiger partial charge in [-0.25, -0.2) is 0 Å². The Labute approximate surface area is 136 Å². The first-order valence-electron chi connectivity index (χ1n) is 7.94. The van der Waals surface area contributed by atoms with E-state index in [2.05, 4.69) is 31.2 Å². The zero-order valence-corrected chi connectivity index (χ0v) is 13.9. The smallest absolute Gasteiger partial charge is 0.142 e. The minimum atomic E-state index is -0.145. The first-order valence-corrected chi connectivity index (χ1v) is 7.94. The first kappa shape index (κ1) is 16.0. The predicted molar refractivity (Wildman–Crippen MR) is 87.4 cm³/mol. The quantitative estimate of drug-likeness (QED) is 0.888. The van der Waals surface area contributed by atoms with E-state index in [0.717, 1.165) is 23.4 Å². The first-order chi connectivity index (χ1) is 10.9. The Morgan fingerprint density at radius 3 is 2.57 bits per heavy atom. The molecule has 23 heavy (non-hydrogen) atoms. The molecule has 0 spiro atoms. The van der Waals surface area contributed by atoms with E-state index in [0.29, 0.717) is 25.5 Å². The van der Waals surface area contributed by atoms with Gasteiger partial charge in [0.05, 0.1) is 24.4 Å². The topological polar surface area (TPSA) is 67.5 Å². The van der Waals surface area contributed by atoms with Gasteiger partial charge in [-0.3, -0.25) is 0 Å². The Kier molecular flexibility index (Phi) is 4.17. The molecule has 1 aliphatic rings.